The molecule has 3 aliphatic carbocycles. The largest absolute Gasteiger partial charge is 0.350 e. The number of hydrogen-bond acceptors (Lipinski definition) is 2. The van der Waals surface area contributed by atoms with Crippen LogP contribution in [0.1, 0.15) is 12.8 Å². The Morgan fingerprint density at radius 1 is 0.905 bits per heavy atom. The SMILES string of the molecule is COC1(OC)[C@@]2(Cl)C(Cl)=C(Cl)[C@]1(Cl)[C@@H]1C/C=C\C=C/C[C@@H]12. The Balaban J connectivity index is 2.26. The monoisotopic (exact) mass is 368 g/mol. The third-order valence-electron chi connectivity index (χ3n) is 5.04. The van der Waals surface area contributed by atoms with E-state index in [-0.39, 0.29) is 11.8 Å². The van der Waals surface area contributed by atoms with Gasteiger partial charge in [0, 0.05) is 14.2 Å². The normalized spacial score (nSPS) is 47.0. The third kappa shape index (κ3) is 1.59. The van der Waals surface area contributed by atoms with E-state index in [1.54, 1.807) is 0 Å². The number of halogens is 4. The number of ether oxygens (including phenoxy) is 2. The van der Waals surface area contributed by atoms with Gasteiger partial charge in [-0.25, -0.2) is 0 Å². The second kappa shape index (κ2) is 5.15. The molecule has 0 unspecified atom stereocenters. The molecule has 21 heavy (non-hydrogen) atoms. The zero-order valence-corrected chi connectivity index (χ0v) is 14.7. The highest BCUT2D eigenvalue weighted by atomic mass is 35.5. The lowest BCUT2D eigenvalue weighted by Gasteiger charge is -2.41. The van der Waals surface area contributed by atoms with E-state index in [2.05, 4.69) is 12.2 Å². The van der Waals surface area contributed by atoms with E-state index in [1.165, 1.54) is 14.2 Å². The highest BCUT2D eigenvalue weighted by Crippen LogP contribution is 2.75. The van der Waals surface area contributed by atoms with Crippen LogP contribution >= 0.6 is 46.4 Å². The van der Waals surface area contributed by atoms with Gasteiger partial charge in [0.1, 0.15) is 9.75 Å². The second-order valence-corrected chi connectivity index (χ2v) is 7.57. The number of rotatable bonds is 2. The van der Waals surface area contributed by atoms with Gasteiger partial charge in [-0.15, -0.1) is 23.2 Å². The van der Waals surface area contributed by atoms with Crippen molar-refractivity contribution in [3.63, 3.8) is 0 Å². The first-order valence-corrected chi connectivity index (χ1v) is 8.29. The standard InChI is InChI=1S/C15H16Cl4O2/c1-20-15(21-2)13(18)9-7-5-3-4-6-8-10(9)14(15,19)12(17)11(13)16/h3-6,9-10H,7-8H2,1-2H3/b5-3-,6-4-/t9-,10+,13-,14+. The molecule has 116 valence electrons. The number of methoxy groups -OCH3 is 2. The Morgan fingerprint density at radius 3 is 1.62 bits per heavy atom. The molecule has 0 spiro atoms. The average molecular weight is 370 g/mol. The average Bonchev–Trinajstić information content (AvgIpc) is 2.67. The van der Waals surface area contributed by atoms with Crippen molar-refractivity contribution in [2.45, 2.75) is 28.4 Å². The molecule has 3 rings (SSSR count). The Hall–Kier alpha value is 0.300. The van der Waals surface area contributed by atoms with Crippen LogP contribution in [0.25, 0.3) is 0 Å². The summed E-state index contributed by atoms with van der Waals surface area (Å²) in [4.78, 5) is -2.17. The van der Waals surface area contributed by atoms with Crippen LogP contribution in [0, 0.1) is 11.8 Å². The number of alkyl halides is 2. The van der Waals surface area contributed by atoms with E-state index >= 15 is 0 Å². The Labute approximate surface area is 144 Å². The van der Waals surface area contributed by atoms with Gasteiger partial charge in [-0.3, -0.25) is 0 Å². The molecule has 2 nitrogen and oxygen atoms in total. The fraction of sp³-hybridized carbons (Fsp3) is 0.600. The summed E-state index contributed by atoms with van der Waals surface area (Å²) in [7, 11) is 3.06. The van der Waals surface area contributed by atoms with Crippen LogP contribution in [0.3, 0.4) is 0 Å². The van der Waals surface area contributed by atoms with Crippen LogP contribution in [0.2, 0.25) is 0 Å². The van der Waals surface area contributed by atoms with Crippen LogP contribution in [0.15, 0.2) is 34.4 Å². The fourth-order valence-electron chi connectivity index (χ4n) is 4.18. The minimum Gasteiger partial charge on any atom is -0.350 e. The van der Waals surface area contributed by atoms with Gasteiger partial charge in [0.2, 0.25) is 5.79 Å². The molecule has 0 aliphatic heterocycles. The van der Waals surface area contributed by atoms with Crippen molar-refractivity contribution in [3.8, 4) is 0 Å². The maximum atomic E-state index is 6.99. The third-order valence-corrected chi connectivity index (χ3v) is 7.74. The lowest BCUT2D eigenvalue weighted by molar-refractivity contribution is -0.220. The first-order valence-electron chi connectivity index (χ1n) is 6.77. The predicted molar refractivity (Wildman–Crippen MR) is 87.1 cm³/mol. The second-order valence-electron chi connectivity index (χ2n) is 5.62. The maximum Gasteiger partial charge on any atom is 0.217 e. The topological polar surface area (TPSA) is 18.5 Å². The van der Waals surface area contributed by atoms with Crippen molar-refractivity contribution < 1.29 is 9.47 Å². The highest BCUT2D eigenvalue weighted by molar-refractivity contribution is 6.52. The quantitative estimate of drug-likeness (QED) is 0.514. The Morgan fingerprint density at radius 2 is 1.29 bits per heavy atom. The van der Waals surface area contributed by atoms with Crippen LogP contribution in [-0.2, 0) is 9.47 Å². The van der Waals surface area contributed by atoms with Crippen LogP contribution in [-0.4, -0.2) is 29.8 Å². The summed E-state index contributed by atoms with van der Waals surface area (Å²) >= 11 is 26.9. The summed E-state index contributed by atoms with van der Waals surface area (Å²) in [6.45, 7) is 0. The highest BCUT2D eigenvalue weighted by Gasteiger charge is 2.83. The number of hydrogen-bond donors (Lipinski definition) is 0. The van der Waals surface area contributed by atoms with Gasteiger partial charge < -0.3 is 9.47 Å². The molecule has 0 amide bonds. The minimum absolute atomic E-state index is 0.0206. The van der Waals surface area contributed by atoms with E-state index in [1.807, 2.05) is 12.2 Å². The summed E-state index contributed by atoms with van der Waals surface area (Å²) in [6, 6.07) is 0. The molecule has 1 saturated carbocycles. The lowest BCUT2D eigenvalue weighted by atomic mass is 9.77. The van der Waals surface area contributed by atoms with Crippen molar-refractivity contribution in [3.05, 3.63) is 34.4 Å². The molecule has 6 heteroatoms. The van der Waals surface area contributed by atoms with E-state index in [0.717, 1.165) is 12.8 Å². The fourth-order valence-corrected chi connectivity index (χ4v) is 6.43. The lowest BCUT2D eigenvalue weighted by Crippen LogP contribution is -2.57. The van der Waals surface area contributed by atoms with E-state index in [9.17, 15) is 0 Å². The molecule has 0 aromatic rings. The van der Waals surface area contributed by atoms with E-state index in [4.69, 9.17) is 55.9 Å². The van der Waals surface area contributed by atoms with E-state index < -0.39 is 15.5 Å². The molecule has 0 N–H and O–H groups in total. The van der Waals surface area contributed by atoms with Gasteiger partial charge >= 0.3 is 0 Å². The van der Waals surface area contributed by atoms with Crippen LogP contribution < -0.4 is 0 Å². The van der Waals surface area contributed by atoms with Crippen LogP contribution in [0.4, 0.5) is 0 Å². The molecule has 0 aromatic heterocycles. The summed E-state index contributed by atoms with van der Waals surface area (Å²) in [6.07, 6.45) is 9.61. The summed E-state index contributed by atoms with van der Waals surface area (Å²) < 4.78 is 11.4. The molecule has 0 radical (unpaired) electrons. The smallest absolute Gasteiger partial charge is 0.217 e. The molecule has 0 heterocycles. The summed E-state index contributed by atoms with van der Waals surface area (Å²) in [5, 5.41) is 0.674. The first kappa shape index (κ1) is 16.2. The van der Waals surface area contributed by atoms with Gasteiger partial charge in [-0.05, 0) is 24.7 Å². The molecule has 0 aromatic carbocycles. The molecule has 3 aliphatic rings. The van der Waals surface area contributed by atoms with Crippen molar-refractivity contribution in [2.75, 3.05) is 14.2 Å². The minimum atomic E-state index is -1.28. The molecule has 4 atom stereocenters. The predicted octanol–water partition coefficient (Wildman–Crippen LogP) is 4.79. The van der Waals surface area contributed by atoms with Crippen molar-refractivity contribution >= 4 is 46.4 Å². The molecular formula is C15H16Cl4O2. The Bertz CT molecular complexity index is 508. The van der Waals surface area contributed by atoms with Gasteiger partial charge in [0.25, 0.3) is 0 Å². The van der Waals surface area contributed by atoms with Crippen molar-refractivity contribution in [2.24, 2.45) is 11.8 Å². The van der Waals surface area contributed by atoms with Gasteiger partial charge in [-0.2, -0.15) is 0 Å². The van der Waals surface area contributed by atoms with Gasteiger partial charge in [0.15, 0.2) is 0 Å². The van der Waals surface area contributed by atoms with Gasteiger partial charge in [-0.1, -0.05) is 47.5 Å². The maximum absolute atomic E-state index is 6.99. The molecule has 1 fully saturated rings. The van der Waals surface area contributed by atoms with E-state index in [0.29, 0.717) is 10.1 Å². The van der Waals surface area contributed by atoms with Gasteiger partial charge in [0.05, 0.1) is 10.1 Å². The Kier molecular flexibility index (Phi) is 3.97. The zero-order chi connectivity index (χ0) is 15.5. The van der Waals surface area contributed by atoms with Crippen molar-refractivity contribution in [1.29, 1.82) is 0 Å². The van der Waals surface area contributed by atoms with Crippen LogP contribution in [0.5, 0.6) is 0 Å². The number of fused-ring (bicyclic) bond motifs is 5. The number of allylic oxidation sites excluding steroid dienone is 4. The first-order chi connectivity index (χ1) is 9.91. The van der Waals surface area contributed by atoms with Crippen molar-refractivity contribution in [1.82, 2.24) is 0 Å². The zero-order valence-electron chi connectivity index (χ0n) is 11.7. The summed E-state index contributed by atoms with van der Waals surface area (Å²) in [5.74, 6) is -1.32. The summed E-state index contributed by atoms with van der Waals surface area (Å²) in [5.41, 5.74) is 0. The molecule has 0 saturated heterocycles. The molecule has 2 bridgehead atoms. The molecular weight excluding hydrogens is 354 g/mol.